The molecule has 4 nitrogen and oxygen atoms in total. The smallest absolute Gasteiger partial charge is 0.169 e. The van der Waals surface area contributed by atoms with E-state index in [0.29, 0.717) is 5.82 Å². The van der Waals surface area contributed by atoms with Crippen molar-refractivity contribution in [3.8, 4) is 12.1 Å². The fourth-order valence-electron chi connectivity index (χ4n) is 1.18. The minimum absolute atomic E-state index is 0.136. The van der Waals surface area contributed by atoms with E-state index >= 15 is 0 Å². The van der Waals surface area contributed by atoms with Gasteiger partial charge in [0.15, 0.2) is 5.57 Å². The second kappa shape index (κ2) is 7.70. The molecule has 4 heteroatoms. The maximum absolute atomic E-state index is 8.75. The van der Waals surface area contributed by atoms with Crippen LogP contribution in [0.1, 0.15) is 26.2 Å². The van der Waals surface area contributed by atoms with Gasteiger partial charge < -0.3 is 10.2 Å². The van der Waals surface area contributed by atoms with Crippen molar-refractivity contribution in [2.24, 2.45) is 0 Å². The van der Waals surface area contributed by atoms with E-state index in [9.17, 15) is 0 Å². The number of nitrogens with one attached hydrogen (secondary N) is 1. The molecular formula is C11H18N4. The summed E-state index contributed by atoms with van der Waals surface area (Å²) in [6.45, 7) is 2.94. The Hall–Kier alpha value is -1.68. The lowest BCUT2D eigenvalue weighted by Gasteiger charge is -2.18. The molecule has 0 spiro atoms. The largest absolute Gasteiger partial charge is 0.370 e. The predicted molar refractivity (Wildman–Crippen MR) is 59.5 cm³/mol. The first-order valence-electron chi connectivity index (χ1n) is 5.13. The van der Waals surface area contributed by atoms with E-state index in [1.165, 1.54) is 0 Å². The second-order valence-corrected chi connectivity index (χ2v) is 3.48. The molecule has 0 atom stereocenters. The molecule has 0 heterocycles. The zero-order valence-electron chi connectivity index (χ0n) is 9.67. The van der Waals surface area contributed by atoms with Gasteiger partial charge in [-0.1, -0.05) is 19.8 Å². The second-order valence-electron chi connectivity index (χ2n) is 3.48. The average molecular weight is 206 g/mol. The minimum Gasteiger partial charge on any atom is -0.370 e. The van der Waals surface area contributed by atoms with Crippen molar-refractivity contribution >= 4 is 0 Å². The van der Waals surface area contributed by atoms with Crippen LogP contribution in [0.3, 0.4) is 0 Å². The monoisotopic (exact) mass is 206 g/mol. The Bertz CT molecular complexity index is 275. The van der Waals surface area contributed by atoms with Gasteiger partial charge >= 0.3 is 0 Å². The van der Waals surface area contributed by atoms with Crippen molar-refractivity contribution < 1.29 is 0 Å². The predicted octanol–water partition coefficient (Wildman–Crippen LogP) is 1.59. The summed E-state index contributed by atoms with van der Waals surface area (Å²) in [6, 6.07) is 3.78. The highest BCUT2D eigenvalue weighted by Crippen LogP contribution is 2.03. The summed E-state index contributed by atoms with van der Waals surface area (Å²) in [7, 11) is 3.63. The lowest BCUT2D eigenvalue weighted by atomic mass is 10.2. The minimum atomic E-state index is 0.136. The highest BCUT2D eigenvalue weighted by Gasteiger charge is 2.07. The van der Waals surface area contributed by atoms with Gasteiger partial charge in [-0.3, -0.25) is 0 Å². The molecule has 1 N–H and O–H groups in total. The van der Waals surface area contributed by atoms with Gasteiger partial charge in [-0.2, -0.15) is 10.5 Å². The number of nitrogens with zero attached hydrogens (tertiary/aromatic N) is 3. The van der Waals surface area contributed by atoms with E-state index in [2.05, 4.69) is 12.2 Å². The van der Waals surface area contributed by atoms with Crippen molar-refractivity contribution in [3.63, 3.8) is 0 Å². The van der Waals surface area contributed by atoms with Crippen LogP contribution < -0.4 is 5.32 Å². The zero-order valence-corrected chi connectivity index (χ0v) is 9.67. The van der Waals surface area contributed by atoms with Crippen LogP contribution >= 0.6 is 0 Å². The molecule has 0 aliphatic carbocycles. The normalized spacial score (nSPS) is 8.60. The van der Waals surface area contributed by atoms with E-state index < -0.39 is 0 Å². The Morgan fingerprint density at radius 1 is 1.20 bits per heavy atom. The van der Waals surface area contributed by atoms with Gasteiger partial charge in [0.25, 0.3) is 0 Å². The first-order valence-corrected chi connectivity index (χ1v) is 5.13. The molecule has 0 fully saturated rings. The van der Waals surface area contributed by atoms with Crippen LogP contribution in [-0.2, 0) is 0 Å². The molecule has 0 amide bonds. The molecule has 82 valence electrons. The van der Waals surface area contributed by atoms with Crippen molar-refractivity contribution in [3.05, 3.63) is 11.4 Å². The highest BCUT2D eigenvalue weighted by molar-refractivity contribution is 5.38. The summed E-state index contributed by atoms with van der Waals surface area (Å²) >= 11 is 0. The third-order valence-corrected chi connectivity index (χ3v) is 1.98. The number of allylic oxidation sites excluding steroid dienone is 1. The van der Waals surface area contributed by atoms with Crippen molar-refractivity contribution in [2.75, 3.05) is 20.6 Å². The Morgan fingerprint density at radius 2 is 1.80 bits per heavy atom. The fraction of sp³-hybridized carbons (Fsp3) is 0.636. The Kier molecular flexibility index (Phi) is 6.84. The van der Waals surface area contributed by atoms with E-state index in [0.717, 1.165) is 25.8 Å². The number of hydrogen-bond donors (Lipinski definition) is 1. The van der Waals surface area contributed by atoms with Crippen molar-refractivity contribution in [1.82, 2.24) is 10.2 Å². The lowest BCUT2D eigenvalue weighted by Crippen LogP contribution is -2.27. The molecule has 0 aromatic carbocycles. The Balaban J connectivity index is 4.38. The van der Waals surface area contributed by atoms with Gasteiger partial charge in [0.1, 0.15) is 18.0 Å². The summed E-state index contributed by atoms with van der Waals surface area (Å²) in [5, 5.41) is 20.6. The maximum Gasteiger partial charge on any atom is 0.169 e. The van der Waals surface area contributed by atoms with Gasteiger partial charge in [-0.15, -0.1) is 0 Å². The third kappa shape index (κ3) is 4.93. The number of rotatable bonds is 6. The summed E-state index contributed by atoms with van der Waals surface area (Å²) in [6.07, 6.45) is 3.37. The molecular weight excluding hydrogens is 188 g/mol. The summed E-state index contributed by atoms with van der Waals surface area (Å²) in [5.74, 6) is 0.608. The van der Waals surface area contributed by atoms with Crippen LogP contribution in [0.25, 0.3) is 0 Å². The number of nitriles is 2. The topological polar surface area (TPSA) is 62.9 Å². The third-order valence-electron chi connectivity index (χ3n) is 1.98. The van der Waals surface area contributed by atoms with E-state index in [-0.39, 0.29) is 5.57 Å². The number of unbranched alkanes of at least 4 members (excludes halogenated alkanes) is 2. The summed E-state index contributed by atoms with van der Waals surface area (Å²) in [5.41, 5.74) is 0.136. The van der Waals surface area contributed by atoms with E-state index in [1.54, 1.807) is 4.90 Å². The van der Waals surface area contributed by atoms with Crippen LogP contribution in [-0.4, -0.2) is 25.5 Å². The quantitative estimate of drug-likeness (QED) is 0.529. The van der Waals surface area contributed by atoms with Gasteiger partial charge in [0, 0.05) is 20.6 Å². The van der Waals surface area contributed by atoms with E-state index in [1.807, 2.05) is 26.2 Å². The van der Waals surface area contributed by atoms with Crippen molar-refractivity contribution in [1.29, 1.82) is 10.5 Å². The first kappa shape index (κ1) is 13.3. The van der Waals surface area contributed by atoms with Gasteiger partial charge in [0.2, 0.25) is 0 Å². The Morgan fingerprint density at radius 3 is 2.20 bits per heavy atom. The van der Waals surface area contributed by atoms with Crippen molar-refractivity contribution in [2.45, 2.75) is 26.2 Å². The SMILES string of the molecule is CCCCCNC(=C(C#N)C#N)N(C)C. The highest BCUT2D eigenvalue weighted by atomic mass is 15.2. The number of hydrogen-bond acceptors (Lipinski definition) is 4. The average Bonchev–Trinajstić information content (AvgIpc) is 2.22. The molecule has 0 saturated heterocycles. The standard InChI is InChI=1S/C11H18N4/c1-4-5-6-7-14-11(15(2)3)10(8-12)9-13/h14H,4-7H2,1-3H3. The summed E-state index contributed by atoms with van der Waals surface area (Å²) in [4.78, 5) is 1.76. The maximum atomic E-state index is 8.75. The molecule has 0 radical (unpaired) electrons. The van der Waals surface area contributed by atoms with E-state index in [4.69, 9.17) is 10.5 Å². The van der Waals surface area contributed by atoms with Gasteiger partial charge in [-0.05, 0) is 6.42 Å². The molecule has 15 heavy (non-hydrogen) atoms. The lowest BCUT2D eigenvalue weighted by molar-refractivity contribution is 0.453. The fourth-order valence-corrected chi connectivity index (χ4v) is 1.18. The molecule has 0 aliphatic rings. The van der Waals surface area contributed by atoms with Crippen LogP contribution in [0.5, 0.6) is 0 Å². The molecule has 0 unspecified atom stereocenters. The Labute approximate surface area is 91.8 Å². The molecule has 0 aromatic heterocycles. The first-order chi connectivity index (χ1) is 7.17. The molecule has 0 aromatic rings. The van der Waals surface area contributed by atoms with Crippen LogP contribution in [0.2, 0.25) is 0 Å². The zero-order chi connectivity index (χ0) is 11.7. The van der Waals surface area contributed by atoms with Gasteiger partial charge in [0.05, 0.1) is 0 Å². The summed E-state index contributed by atoms with van der Waals surface area (Å²) < 4.78 is 0. The van der Waals surface area contributed by atoms with Crippen LogP contribution in [0.15, 0.2) is 11.4 Å². The molecule has 0 aliphatic heterocycles. The molecule has 0 bridgehead atoms. The van der Waals surface area contributed by atoms with Gasteiger partial charge in [-0.25, -0.2) is 0 Å². The molecule has 0 saturated carbocycles. The van der Waals surface area contributed by atoms with Crippen LogP contribution in [0.4, 0.5) is 0 Å². The van der Waals surface area contributed by atoms with Crippen LogP contribution in [0, 0.1) is 22.7 Å². The molecule has 0 rings (SSSR count).